The molecule has 0 aliphatic heterocycles. The maximum absolute atomic E-state index is 12.0. The number of carbonyl (C=O) groups excluding carboxylic acids is 1. The van der Waals surface area contributed by atoms with E-state index in [9.17, 15) is 18.0 Å². The van der Waals surface area contributed by atoms with E-state index in [4.69, 9.17) is 4.74 Å². The third-order valence-corrected chi connectivity index (χ3v) is 2.93. The van der Waals surface area contributed by atoms with Gasteiger partial charge in [-0.15, -0.1) is 0 Å². The number of ether oxygens (including phenoxy) is 2. The van der Waals surface area contributed by atoms with Crippen molar-refractivity contribution in [1.82, 2.24) is 9.78 Å². The molecule has 2 aromatic rings. The van der Waals surface area contributed by atoms with Crippen molar-refractivity contribution in [1.29, 1.82) is 0 Å². The Hall–Kier alpha value is -2.81. The fourth-order valence-electron chi connectivity index (χ4n) is 1.82. The molecule has 134 valence electrons. The number of hydrogen-bond donors (Lipinski definition) is 1. The first-order chi connectivity index (χ1) is 11.9. The molecule has 1 aromatic carbocycles. The van der Waals surface area contributed by atoms with Crippen molar-refractivity contribution in [2.24, 2.45) is 0 Å². The van der Waals surface area contributed by atoms with Crippen molar-refractivity contribution in [3.63, 3.8) is 0 Å². The summed E-state index contributed by atoms with van der Waals surface area (Å²) in [7, 11) is 1.56. The summed E-state index contributed by atoms with van der Waals surface area (Å²) in [6.45, 7) is -1.73. The first-order valence-corrected chi connectivity index (χ1v) is 7.16. The Morgan fingerprint density at radius 1 is 1.32 bits per heavy atom. The van der Waals surface area contributed by atoms with Gasteiger partial charge in [0, 0.05) is 6.08 Å². The lowest BCUT2D eigenvalue weighted by atomic mass is 10.2. The lowest BCUT2D eigenvalue weighted by Gasteiger charge is -2.07. The van der Waals surface area contributed by atoms with Gasteiger partial charge in [0.15, 0.2) is 0 Å². The Morgan fingerprint density at radius 2 is 2.04 bits per heavy atom. The number of methoxy groups -OCH3 is 1. The first kappa shape index (κ1) is 18.5. The molecule has 0 aliphatic carbocycles. The van der Waals surface area contributed by atoms with Crippen molar-refractivity contribution in [2.45, 2.75) is 12.9 Å². The maximum Gasteiger partial charge on any atom is 0.411 e. The summed E-state index contributed by atoms with van der Waals surface area (Å²) < 4.78 is 46.6. The summed E-state index contributed by atoms with van der Waals surface area (Å²) in [4.78, 5) is 11.8. The Morgan fingerprint density at radius 3 is 2.68 bits per heavy atom. The van der Waals surface area contributed by atoms with Crippen LogP contribution in [0.4, 0.5) is 18.9 Å². The average Bonchev–Trinajstić information content (AvgIpc) is 2.99. The van der Waals surface area contributed by atoms with Crippen LogP contribution >= 0.6 is 0 Å². The molecule has 0 spiro atoms. The Kier molecular flexibility index (Phi) is 6.18. The second-order valence-corrected chi connectivity index (χ2v) is 4.96. The van der Waals surface area contributed by atoms with Crippen LogP contribution in [-0.4, -0.2) is 35.6 Å². The van der Waals surface area contributed by atoms with E-state index in [0.717, 1.165) is 10.2 Å². The van der Waals surface area contributed by atoms with Gasteiger partial charge in [0.2, 0.25) is 5.91 Å². The number of hydrogen-bond acceptors (Lipinski definition) is 4. The quantitative estimate of drug-likeness (QED) is 0.775. The van der Waals surface area contributed by atoms with Gasteiger partial charge < -0.3 is 14.8 Å². The van der Waals surface area contributed by atoms with E-state index >= 15 is 0 Å². The standard InChI is InChI=1S/C16H16F3N3O3/c1-24-14-5-2-12(3-6-14)4-7-15(23)21-13-8-20-22(9-13)11-25-10-16(17,18)19/h2-9H,10-11H2,1H3,(H,21,23)/b7-4+. The summed E-state index contributed by atoms with van der Waals surface area (Å²) in [6.07, 6.45) is 1.24. The molecule has 0 unspecified atom stereocenters. The van der Waals surface area contributed by atoms with Crippen LogP contribution < -0.4 is 10.1 Å². The molecule has 6 nitrogen and oxygen atoms in total. The minimum absolute atomic E-state index is 0.347. The molecule has 9 heteroatoms. The SMILES string of the molecule is COc1ccc(/C=C/C(=O)Nc2cnn(COCC(F)(F)F)c2)cc1. The second kappa shape index (κ2) is 8.34. The van der Waals surface area contributed by atoms with Crippen molar-refractivity contribution in [3.8, 4) is 5.75 Å². The molecule has 1 aromatic heterocycles. The molecule has 0 aliphatic rings. The molecule has 0 saturated heterocycles. The Labute approximate surface area is 141 Å². The fraction of sp³-hybridized carbons (Fsp3) is 0.250. The normalized spacial score (nSPS) is 11.7. The van der Waals surface area contributed by atoms with Gasteiger partial charge in [0.1, 0.15) is 19.1 Å². The van der Waals surface area contributed by atoms with Gasteiger partial charge in [0.25, 0.3) is 0 Å². The summed E-state index contributed by atoms with van der Waals surface area (Å²) in [6, 6.07) is 7.11. The summed E-state index contributed by atoms with van der Waals surface area (Å²) in [5, 5.41) is 6.35. The highest BCUT2D eigenvalue weighted by Crippen LogP contribution is 2.15. The zero-order valence-electron chi connectivity index (χ0n) is 13.3. The topological polar surface area (TPSA) is 65.4 Å². The van der Waals surface area contributed by atoms with E-state index in [2.05, 4.69) is 15.2 Å². The minimum Gasteiger partial charge on any atom is -0.497 e. The smallest absolute Gasteiger partial charge is 0.411 e. The number of anilines is 1. The van der Waals surface area contributed by atoms with Crippen LogP contribution in [0.5, 0.6) is 5.75 Å². The molecular formula is C16H16F3N3O3. The number of amides is 1. The van der Waals surface area contributed by atoms with Crippen molar-refractivity contribution in [3.05, 3.63) is 48.3 Å². The largest absolute Gasteiger partial charge is 0.497 e. The van der Waals surface area contributed by atoms with Crippen LogP contribution in [0.3, 0.4) is 0 Å². The van der Waals surface area contributed by atoms with E-state index in [-0.39, 0.29) is 6.73 Å². The highest BCUT2D eigenvalue weighted by atomic mass is 19.4. The van der Waals surface area contributed by atoms with Crippen LogP contribution in [0, 0.1) is 0 Å². The summed E-state index contributed by atoms with van der Waals surface area (Å²) in [5.41, 5.74) is 1.16. The average molecular weight is 355 g/mol. The molecule has 2 rings (SSSR count). The van der Waals surface area contributed by atoms with Gasteiger partial charge in [-0.3, -0.25) is 4.79 Å². The van der Waals surface area contributed by atoms with Gasteiger partial charge in [-0.25, -0.2) is 4.68 Å². The summed E-state index contributed by atoms with van der Waals surface area (Å²) >= 11 is 0. The highest BCUT2D eigenvalue weighted by Gasteiger charge is 2.27. The van der Waals surface area contributed by atoms with Gasteiger partial charge in [-0.1, -0.05) is 12.1 Å². The minimum atomic E-state index is -4.39. The molecule has 25 heavy (non-hydrogen) atoms. The maximum atomic E-state index is 12.0. The lowest BCUT2D eigenvalue weighted by molar-refractivity contribution is -0.182. The molecule has 0 radical (unpaired) electrons. The van der Waals surface area contributed by atoms with Gasteiger partial charge in [-0.2, -0.15) is 18.3 Å². The van der Waals surface area contributed by atoms with Crippen LogP contribution in [0.15, 0.2) is 42.7 Å². The number of rotatable bonds is 7. The van der Waals surface area contributed by atoms with E-state index in [1.165, 1.54) is 18.5 Å². The molecule has 0 bridgehead atoms. The number of alkyl halides is 3. The first-order valence-electron chi connectivity index (χ1n) is 7.16. The van der Waals surface area contributed by atoms with E-state index in [0.29, 0.717) is 11.4 Å². The Bertz CT molecular complexity index is 724. The third kappa shape index (κ3) is 6.68. The number of nitrogens with zero attached hydrogens (tertiary/aromatic N) is 2. The molecular weight excluding hydrogens is 339 g/mol. The van der Waals surface area contributed by atoms with Crippen molar-refractivity contribution >= 4 is 17.7 Å². The van der Waals surface area contributed by atoms with Crippen LogP contribution in [0.25, 0.3) is 6.08 Å². The fourth-order valence-corrected chi connectivity index (χ4v) is 1.82. The Balaban J connectivity index is 1.83. The summed E-state index contributed by atoms with van der Waals surface area (Å²) in [5.74, 6) is 0.313. The monoisotopic (exact) mass is 355 g/mol. The molecule has 1 N–H and O–H groups in total. The molecule has 0 fully saturated rings. The van der Waals surface area contributed by atoms with Crippen molar-refractivity contribution < 1.29 is 27.4 Å². The molecule has 0 atom stereocenters. The number of carbonyl (C=O) groups is 1. The van der Waals surface area contributed by atoms with Crippen LogP contribution in [0.2, 0.25) is 0 Å². The van der Waals surface area contributed by atoms with E-state index in [1.54, 1.807) is 37.5 Å². The van der Waals surface area contributed by atoms with E-state index < -0.39 is 18.7 Å². The van der Waals surface area contributed by atoms with Crippen LogP contribution in [0.1, 0.15) is 5.56 Å². The zero-order chi connectivity index (χ0) is 18.3. The highest BCUT2D eigenvalue weighted by molar-refractivity contribution is 6.01. The zero-order valence-corrected chi connectivity index (χ0v) is 13.3. The molecule has 1 heterocycles. The van der Waals surface area contributed by atoms with Gasteiger partial charge in [-0.05, 0) is 23.8 Å². The van der Waals surface area contributed by atoms with Crippen LogP contribution in [-0.2, 0) is 16.3 Å². The lowest BCUT2D eigenvalue weighted by Crippen LogP contribution is -2.18. The number of aromatic nitrogens is 2. The second-order valence-electron chi connectivity index (χ2n) is 4.96. The predicted molar refractivity (Wildman–Crippen MR) is 84.9 cm³/mol. The predicted octanol–water partition coefficient (Wildman–Crippen LogP) is 3.08. The number of halogens is 3. The molecule has 1 amide bonds. The van der Waals surface area contributed by atoms with Crippen molar-refractivity contribution in [2.75, 3.05) is 19.0 Å². The molecule has 0 saturated carbocycles. The number of benzene rings is 1. The third-order valence-electron chi connectivity index (χ3n) is 2.93. The van der Waals surface area contributed by atoms with Gasteiger partial charge in [0.05, 0.1) is 25.2 Å². The number of nitrogens with one attached hydrogen (secondary N) is 1. The van der Waals surface area contributed by atoms with Gasteiger partial charge >= 0.3 is 6.18 Å². The van der Waals surface area contributed by atoms with E-state index in [1.807, 2.05) is 0 Å².